The van der Waals surface area contributed by atoms with Crippen LogP contribution >= 0.6 is 0 Å². The maximum absolute atomic E-state index is 12.8. The molecule has 3 nitrogen and oxygen atoms in total. The number of hydrogen-bond donors (Lipinski definition) is 2. The molecule has 0 atom stereocenters. The predicted molar refractivity (Wildman–Crippen MR) is 89.9 cm³/mol. The highest BCUT2D eigenvalue weighted by molar-refractivity contribution is 5.92. The van der Waals surface area contributed by atoms with Gasteiger partial charge in [-0.15, -0.1) is 0 Å². The highest BCUT2D eigenvalue weighted by Crippen LogP contribution is 2.33. The van der Waals surface area contributed by atoms with E-state index >= 15 is 0 Å². The fourth-order valence-electron chi connectivity index (χ4n) is 2.70. The van der Waals surface area contributed by atoms with Crippen LogP contribution in [-0.4, -0.2) is 10.9 Å². The summed E-state index contributed by atoms with van der Waals surface area (Å²) in [6.07, 6.45) is -4.35. The van der Waals surface area contributed by atoms with Crippen molar-refractivity contribution >= 4 is 5.91 Å². The van der Waals surface area contributed by atoms with E-state index in [9.17, 15) is 18.0 Å². The van der Waals surface area contributed by atoms with Crippen molar-refractivity contribution in [2.24, 2.45) is 5.73 Å². The summed E-state index contributed by atoms with van der Waals surface area (Å²) < 4.78 is 38.3. The highest BCUT2D eigenvalue weighted by atomic mass is 19.4. The smallest absolute Gasteiger partial charge is 0.364 e. The lowest BCUT2D eigenvalue weighted by Gasteiger charge is -2.11. The van der Waals surface area contributed by atoms with E-state index < -0.39 is 17.6 Å². The summed E-state index contributed by atoms with van der Waals surface area (Å²) in [5, 5.41) is 0. The lowest BCUT2D eigenvalue weighted by Crippen LogP contribution is -2.10. The summed E-state index contributed by atoms with van der Waals surface area (Å²) in [7, 11) is 0. The molecule has 1 amide bonds. The van der Waals surface area contributed by atoms with Gasteiger partial charge in [0.1, 0.15) is 5.69 Å². The monoisotopic (exact) mass is 344 g/mol. The first-order chi connectivity index (χ1) is 11.8. The second-order valence-corrected chi connectivity index (χ2v) is 5.75. The number of aromatic amines is 1. The van der Waals surface area contributed by atoms with Crippen LogP contribution in [0.3, 0.4) is 0 Å². The lowest BCUT2D eigenvalue weighted by molar-refractivity contribution is -0.137. The number of halogens is 3. The van der Waals surface area contributed by atoms with Crippen LogP contribution in [0.2, 0.25) is 0 Å². The van der Waals surface area contributed by atoms with E-state index in [-0.39, 0.29) is 0 Å². The van der Waals surface area contributed by atoms with Crippen LogP contribution in [0.1, 0.15) is 21.6 Å². The Kier molecular flexibility index (Phi) is 4.12. The third-order valence-electron chi connectivity index (χ3n) is 4.01. The second kappa shape index (κ2) is 6.12. The average Bonchev–Trinajstić information content (AvgIpc) is 3.04. The molecule has 3 rings (SSSR count). The molecule has 2 aromatic carbocycles. The van der Waals surface area contributed by atoms with Crippen molar-refractivity contribution in [2.45, 2.75) is 13.1 Å². The Bertz CT molecular complexity index is 925. The number of primary amides is 1. The SMILES string of the molecule is Cc1cc(C(F)(F)F)ccc1-c1ccc(-c2ccc(C(N)=O)[nH]2)cc1. The van der Waals surface area contributed by atoms with Crippen LogP contribution in [0.4, 0.5) is 13.2 Å². The van der Waals surface area contributed by atoms with Crippen LogP contribution in [-0.2, 0) is 6.18 Å². The van der Waals surface area contributed by atoms with E-state index in [0.29, 0.717) is 11.3 Å². The number of rotatable bonds is 3. The largest absolute Gasteiger partial charge is 0.416 e. The third kappa shape index (κ3) is 3.42. The first-order valence-electron chi connectivity index (χ1n) is 7.53. The zero-order chi connectivity index (χ0) is 18.2. The van der Waals surface area contributed by atoms with Gasteiger partial charge in [0.05, 0.1) is 5.56 Å². The van der Waals surface area contributed by atoms with E-state index in [1.165, 1.54) is 6.07 Å². The van der Waals surface area contributed by atoms with Crippen LogP contribution < -0.4 is 5.73 Å². The van der Waals surface area contributed by atoms with Crippen LogP contribution in [0.5, 0.6) is 0 Å². The Labute approximate surface area is 142 Å². The van der Waals surface area contributed by atoms with Crippen LogP contribution in [0, 0.1) is 6.92 Å². The van der Waals surface area contributed by atoms with Gasteiger partial charge < -0.3 is 10.7 Å². The van der Waals surface area contributed by atoms with Gasteiger partial charge in [0, 0.05) is 5.69 Å². The molecule has 0 fully saturated rings. The standard InChI is InChI=1S/C19H15F3N2O/c1-11-10-14(19(20,21)22)6-7-15(11)12-2-4-13(5-3-12)16-8-9-17(24-16)18(23)25/h2-10,24H,1H3,(H2,23,25). The highest BCUT2D eigenvalue weighted by Gasteiger charge is 2.30. The Hall–Kier alpha value is -3.02. The van der Waals surface area contributed by atoms with Gasteiger partial charge in [0.25, 0.3) is 5.91 Å². The lowest BCUT2D eigenvalue weighted by atomic mass is 9.97. The molecule has 0 aliphatic carbocycles. The Morgan fingerprint density at radius 3 is 2.12 bits per heavy atom. The van der Waals surface area contributed by atoms with Crippen molar-refractivity contribution < 1.29 is 18.0 Å². The molecule has 0 saturated carbocycles. The number of nitrogens with one attached hydrogen (secondary N) is 1. The van der Waals surface area contributed by atoms with E-state index in [0.717, 1.165) is 34.5 Å². The van der Waals surface area contributed by atoms with Crippen molar-refractivity contribution in [3.05, 3.63) is 71.4 Å². The van der Waals surface area contributed by atoms with Gasteiger partial charge in [-0.1, -0.05) is 30.3 Å². The third-order valence-corrected chi connectivity index (χ3v) is 4.01. The molecule has 1 aromatic heterocycles. The number of aromatic nitrogens is 1. The van der Waals surface area contributed by atoms with E-state index in [2.05, 4.69) is 4.98 Å². The minimum Gasteiger partial charge on any atom is -0.364 e. The molecule has 128 valence electrons. The number of carbonyl (C=O) groups excluding carboxylic acids is 1. The zero-order valence-electron chi connectivity index (χ0n) is 13.3. The van der Waals surface area contributed by atoms with Crippen LogP contribution in [0.25, 0.3) is 22.4 Å². The Balaban J connectivity index is 1.91. The number of carbonyl (C=O) groups is 1. The number of amides is 1. The average molecular weight is 344 g/mol. The summed E-state index contributed by atoms with van der Waals surface area (Å²) in [6.45, 7) is 1.66. The van der Waals surface area contributed by atoms with Gasteiger partial charge in [-0.3, -0.25) is 4.79 Å². The zero-order valence-corrected chi connectivity index (χ0v) is 13.3. The van der Waals surface area contributed by atoms with Gasteiger partial charge in [0.15, 0.2) is 0 Å². The van der Waals surface area contributed by atoms with Gasteiger partial charge >= 0.3 is 6.18 Å². The van der Waals surface area contributed by atoms with Crippen molar-refractivity contribution in [3.8, 4) is 22.4 Å². The summed E-state index contributed by atoms with van der Waals surface area (Å²) >= 11 is 0. The molecule has 0 radical (unpaired) electrons. The van der Waals surface area contributed by atoms with Crippen molar-refractivity contribution in [1.82, 2.24) is 4.98 Å². The van der Waals surface area contributed by atoms with Crippen molar-refractivity contribution in [1.29, 1.82) is 0 Å². The second-order valence-electron chi connectivity index (χ2n) is 5.75. The van der Waals surface area contributed by atoms with Crippen molar-refractivity contribution in [3.63, 3.8) is 0 Å². The topological polar surface area (TPSA) is 58.9 Å². The maximum atomic E-state index is 12.8. The predicted octanol–water partition coefficient (Wildman–Crippen LogP) is 4.77. The van der Waals surface area contributed by atoms with Gasteiger partial charge in [-0.2, -0.15) is 13.2 Å². The minimum atomic E-state index is -4.35. The molecular formula is C19H15F3N2O. The van der Waals surface area contributed by atoms with E-state index in [4.69, 9.17) is 5.73 Å². The number of nitrogens with two attached hydrogens (primary N) is 1. The molecule has 6 heteroatoms. The molecule has 25 heavy (non-hydrogen) atoms. The summed E-state index contributed by atoms with van der Waals surface area (Å²) in [4.78, 5) is 14.1. The molecule has 3 N–H and O–H groups in total. The summed E-state index contributed by atoms with van der Waals surface area (Å²) in [6, 6.07) is 14.4. The molecule has 3 aromatic rings. The van der Waals surface area contributed by atoms with Gasteiger partial charge in [0.2, 0.25) is 0 Å². The molecule has 0 aliphatic heterocycles. The van der Waals surface area contributed by atoms with Crippen LogP contribution in [0.15, 0.2) is 54.6 Å². The van der Waals surface area contributed by atoms with Gasteiger partial charge in [-0.25, -0.2) is 0 Å². The molecular weight excluding hydrogens is 329 g/mol. The summed E-state index contributed by atoms with van der Waals surface area (Å²) in [5.41, 5.74) is 8.57. The van der Waals surface area contributed by atoms with Crippen molar-refractivity contribution in [2.75, 3.05) is 0 Å². The molecule has 0 aliphatic rings. The fourth-order valence-corrected chi connectivity index (χ4v) is 2.70. The number of alkyl halides is 3. The number of aryl methyl sites for hydroxylation is 1. The van der Waals surface area contributed by atoms with E-state index in [1.807, 2.05) is 24.3 Å². The number of H-pyrrole nitrogens is 1. The van der Waals surface area contributed by atoms with E-state index in [1.54, 1.807) is 19.1 Å². The first-order valence-corrected chi connectivity index (χ1v) is 7.53. The molecule has 0 saturated heterocycles. The first kappa shape index (κ1) is 16.8. The molecule has 0 bridgehead atoms. The number of benzene rings is 2. The molecule has 0 spiro atoms. The molecule has 0 unspecified atom stereocenters. The Morgan fingerprint density at radius 1 is 0.960 bits per heavy atom. The maximum Gasteiger partial charge on any atom is 0.416 e. The normalized spacial score (nSPS) is 11.5. The number of hydrogen-bond acceptors (Lipinski definition) is 1. The van der Waals surface area contributed by atoms with Gasteiger partial charge in [-0.05, 0) is 53.4 Å². The fraction of sp³-hybridized carbons (Fsp3) is 0.105. The minimum absolute atomic E-state index is 0.317. The quantitative estimate of drug-likeness (QED) is 0.706. The molecule has 1 heterocycles. The Morgan fingerprint density at radius 2 is 1.60 bits per heavy atom. The summed E-state index contributed by atoms with van der Waals surface area (Å²) in [5.74, 6) is -0.539.